The lowest BCUT2D eigenvalue weighted by Gasteiger charge is -2.09. The summed E-state index contributed by atoms with van der Waals surface area (Å²) in [6.45, 7) is 0.254. The monoisotopic (exact) mass is 331 g/mol. The second-order valence-corrected chi connectivity index (χ2v) is 5.33. The van der Waals surface area contributed by atoms with E-state index in [2.05, 4.69) is 9.97 Å². The van der Waals surface area contributed by atoms with Gasteiger partial charge in [0.25, 0.3) is 5.56 Å². The van der Waals surface area contributed by atoms with E-state index >= 15 is 0 Å². The topological polar surface area (TPSA) is 66.2 Å². The molecule has 0 atom stereocenters. The summed E-state index contributed by atoms with van der Waals surface area (Å²) in [4.78, 5) is 20.6. The van der Waals surface area contributed by atoms with Gasteiger partial charge in [0.15, 0.2) is 0 Å². The minimum absolute atomic E-state index is 0.178. The van der Waals surface area contributed by atoms with E-state index < -0.39 is 0 Å². The zero-order valence-corrected chi connectivity index (χ0v) is 13.4. The van der Waals surface area contributed by atoms with Gasteiger partial charge < -0.3 is 14.0 Å². The Bertz CT molecular complexity index is 907. The van der Waals surface area contributed by atoms with Gasteiger partial charge in [0.2, 0.25) is 5.88 Å². The molecule has 0 saturated heterocycles. The van der Waals surface area contributed by atoms with Crippen molar-refractivity contribution < 1.29 is 9.47 Å². The number of benzene rings is 1. The smallest absolute Gasteiger partial charge is 0.266 e. The molecule has 0 aliphatic carbocycles. The van der Waals surface area contributed by atoms with Gasteiger partial charge in [0.1, 0.15) is 22.9 Å². The molecule has 0 fully saturated rings. The Labute approximate surface area is 137 Å². The van der Waals surface area contributed by atoms with E-state index in [-0.39, 0.29) is 23.2 Å². The van der Waals surface area contributed by atoms with Crippen molar-refractivity contribution in [2.24, 2.45) is 7.05 Å². The predicted octanol–water partition coefficient (Wildman–Crippen LogP) is 2.57. The zero-order valence-electron chi connectivity index (χ0n) is 12.6. The van der Waals surface area contributed by atoms with Gasteiger partial charge in [0, 0.05) is 13.1 Å². The Balaban J connectivity index is 1.95. The van der Waals surface area contributed by atoms with E-state index in [1.807, 2.05) is 24.3 Å². The molecule has 0 bridgehead atoms. The van der Waals surface area contributed by atoms with E-state index in [4.69, 9.17) is 21.1 Å². The number of fused-ring (bicyclic) bond motifs is 1. The van der Waals surface area contributed by atoms with Gasteiger partial charge in [-0.05, 0) is 17.7 Å². The average Bonchev–Trinajstić information content (AvgIpc) is 2.56. The van der Waals surface area contributed by atoms with Crippen LogP contribution in [0.4, 0.5) is 0 Å². The van der Waals surface area contributed by atoms with Crippen molar-refractivity contribution in [3.05, 3.63) is 57.7 Å². The lowest BCUT2D eigenvalue weighted by Crippen LogP contribution is -2.18. The first kappa shape index (κ1) is 15.3. The van der Waals surface area contributed by atoms with Gasteiger partial charge in [-0.1, -0.05) is 23.7 Å². The fourth-order valence-corrected chi connectivity index (χ4v) is 2.32. The highest BCUT2D eigenvalue weighted by molar-refractivity contribution is 6.30. The van der Waals surface area contributed by atoms with Gasteiger partial charge in [0.05, 0.1) is 19.0 Å². The van der Waals surface area contributed by atoms with Crippen molar-refractivity contribution >= 4 is 22.5 Å². The summed E-state index contributed by atoms with van der Waals surface area (Å²) in [6.07, 6.45) is 1.44. The third kappa shape index (κ3) is 3.12. The highest BCUT2D eigenvalue weighted by Gasteiger charge is 2.13. The number of hydrogen-bond acceptors (Lipinski definition) is 5. The lowest BCUT2D eigenvalue weighted by molar-refractivity contribution is 0.297. The van der Waals surface area contributed by atoms with Crippen LogP contribution in [0.15, 0.2) is 41.5 Å². The van der Waals surface area contributed by atoms with Gasteiger partial charge in [-0.15, -0.1) is 0 Å². The second kappa shape index (κ2) is 6.26. The summed E-state index contributed by atoms with van der Waals surface area (Å²) >= 11 is 5.98. The van der Waals surface area contributed by atoms with Crippen molar-refractivity contribution in [2.45, 2.75) is 6.61 Å². The Hall–Kier alpha value is -2.60. The summed E-state index contributed by atoms with van der Waals surface area (Å²) < 4.78 is 12.2. The minimum atomic E-state index is -0.233. The van der Waals surface area contributed by atoms with E-state index in [1.54, 1.807) is 20.2 Å². The number of halogens is 1. The Morgan fingerprint density at radius 2 is 2.00 bits per heavy atom. The average molecular weight is 332 g/mol. The van der Waals surface area contributed by atoms with Crippen LogP contribution >= 0.6 is 11.6 Å². The van der Waals surface area contributed by atoms with Crippen molar-refractivity contribution in [3.8, 4) is 11.6 Å². The van der Waals surface area contributed by atoms with Crippen LogP contribution in [-0.2, 0) is 13.7 Å². The number of pyridine rings is 1. The lowest BCUT2D eigenvalue weighted by atomic mass is 10.2. The first-order valence-corrected chi connectivity index (χ1v) is 7.24. The molecular weight excluding hydrogens is 318 g/mol. The van der Waals surface area contributed by atoms with Crippen LogP contribution in [-0.4, -0.2) is 21.6 Å². The first-order valence-electron chi connectivity index (χ1n) is 6.86. The fraction of sp³-hybridized carbons (Fsp3) is 0.188. The van der Waals surface area contributed by atoms with E-state index in [0.717, 1.165) is 11.3 Å². The molecule has 0 N–H and O–H groups in total. The van der Waals surface area contributed by atoms with Crippen molar-refractivity contribution in [1.29, 1.82) is 0 Å². The van der Waals surface area contributed by atoms with Gasteiger partial charge >= 0.3 is 0 Å². The molecule has 0 radical (unpaired) electrons. The quantitative estimate of drug-likeness (QED) is 0.687. The number of ether oxygens (including phenoxy) is 2. The van der Waals surface area contributed by atoms with Gasteiger partial charge in [-0.2, -0.15) is 0 Å². The predicted molar refractivity (Wildman–Crippen MR) is 87.1 cm³/mol. The van der Waals surface area contributed by atoms with Crippen molar-refractivity contribution in [1.82, 2.24) is 14.5 Å². The van der Waals surface area contributed by atoms with Gasteiger partial charge in [-0.3, -0.25) is 4.79 Å². The molecule has 3 rings (SSSR count). The number of aromatic nitrogens is 3. The summed E-state index contributed by atoms with van der Waals surface area (Å²) in [7, 11) is 3.23. The van der Waals surface area contributed by atoms with Gasteiger partial charge in [-0.25, -0.2) is 9.97 Å². The van der Waals surface area contributed by atoms with Crippen LogP contribution < -0.4 is 15.0 Å². The van der Waals surface area contributed by atoms with Crippen LogP contribution in [0.5, 0.6) is 11.6 Å². The molecule has 2 aromatic heterocycles. The second-order valence-electron chi connectivity index (χ2n) is 4.94. The highest BCUT2D eigenvalue weighted by atomic mass is 35.5. The van der Waals surface area contributed by atoms with E-state index in [1.165, 1.54) is 10.9 Å². The van der Waals surface area contributed by atoms with E-state index in [0.29, 0.717) is 10.9 Å². The molecule has 0 saturated carbocycles. The fourth-order valence-electron chi connectivity index (χ4n) is 2.14. The summed E-state index contributed by atoms with van der Waals surface area (Å²) in [5.74, 6) is 0.940. The number of hydrogen-bond donors (Lipinski definition) is 0. The Morgan fingerprint density at radius 3 is 2.70 bits per heavy atom. The molecule has 118 valence electrons. The first-order chi connectivity index (χ1) is 11.1. The van der Waals surface area contributed by atoms with Crippen molar-refractivity contribution in [2.75, 3.05) is 7.11 Å². The molecule has 0 amide bonds. The molecule has 2 heterocycles. The number of rotatable bonds is 4. The van der Waals surface area contributed by atoms with Crippen LogP contribution in [0.25, 0.3) is 10.9 Å². The van der Waals surface area contributed by atoms with E-state index in [9.17, 15) is 4.79 Å². The summed E-state index contributed by atoms with van der Waals surface area (Å²) in [6, 6.07) is 8.97. The SMILES string of the molecule is COc1ccc(COc2nc(Cl)cc3ncn(C)c(=O)c23)cc1. The molecule has 6 nitrogen and oxygen atoms in total. The number of methoxy groups -OCH3 is 1. The molecule has 0 aliphatic rings. The molecule has 1 aromatic carbocycles. The Kier molecular flexibility index (Phi) is 4.16. The maximum atomic E-state index is 12.3. The zero-order chi connectivity index (χ0) is 16.4. The molecular formula is C16H14ClN3O3. The van der Waals surface area contributed by atoms with Crippen molar-refractivity contribution in [3.63, 3.8) is 0 Å². The summed E-state index contributed by atoms with van der Waals surface area (Å²) in [5, 5.41) is 0.538. The minimum Gasteiger partial charge on any atom is -0.497 e. The normalized spacial score (nSPS) is 10.7. The maximum absolute atomic E-state index is 12.3. The summed E-state index contributed by atoms with van der Waals surface area (Å²) in [5.41, 5.74) is 1.14. The van der Waals surface area contributed by atoms with Crippen LogP contribution in [0, 0.1) is 0 Å². The van der Waals surface area contributed by atoms with Crippen LogP contribution in [0.2, 0.25) is 5.15 Å². The third-order valence-electron chi connectivity index (χ3n) is 3.37. The molecule has 0 spiro atoms. The standard InChI is InChI=1S/C16H14ClN3O3/c1-20-9-18-12-7-13(17)19-15(14(12)16(20)21)23-8-10-3-5-11(22-2)6-4-10/h3-7,9H,8H2,1-2H3. The maximum Gasteiger partial charge on any atom is 0.266 e. The Morgan fingerprint density at radius 1 is 1.26 bits per heavy atom. The molecule has 23 heavy (non-hydrogen) atoms. The van der Waals surface area contributed by atoms with Crippen LogP contribution in [0.3, 0.4) is 0 Å². The largest absolute Gasteiger partial charge is 0.497 e. The molecule has 0 unspecified atom stereocenters. The molecule has 3 aromatic rings. The number of nitrogens with zero attached hydrogens (tertiary/aromatic N) is 3. The molecule has 0 aliphatic heterocycles. The highest BCUT2D eigenvalue weighted by Crippen LogP contribution is 2.23. The number of aryl methyl sites for hydroxylation is 1. The third-order valence-corrected chi connectivity index (χ3v) is 3.57. The molecule has 7 heteroatoms. The van der Waals surface area contributed by atoms with Crippen LogP contribution in [0.1, 0.15) is 5.56 Å².